The van der Waals surface area contributed by atoms with Crippen LogP contribution < -0.4 is 10.3 Å². The van der Waals surface area contributed by atoms with Crippen molar-refractivity contribution in [2.24, 2.45) is 10.2 Å². The smallest absolute Gasteiger partial charge is 0.302 e. The number of non-ortho nitro benzene ring substituents is 1. The van der Waals surface area contributed by atoms with Gasteiger partial charge in [0, 0.05) is 12.1 Å². The number of hydrogen-bond donors (Lipinski definition) is 1. The molecule has 1 N–H and O–H groups in total. The molecule has 0 saturated carbocycles. The van der Waals surface area contributed by atoms with Crippen molar-refractivity contribution in [3.63, 3.8) is 0 Å². The highest BCUT2D eigenvalue weighted by atomic mass is 16.6. The second kappa shape index (κ2) is 7.69. The van der Waals surface area contributed by atoms with E-state index in [9.17, 15) is 14.9 Å². The zero-order valence-corrected chi connectivity index (χ0v) is 14.9. The van der Waals surface area contributed by atoms with Crippen molar-refractivity contribution in [2.75, 3.05) is 0 Å². The molecule has 1 heterocycles. The first-order chi connectivity index (χ1) is 14.1. The molecule has 0 amide bonds. The highest BCUT2D eigenvalue weighted by Gasteiger charge is 2.06. The van der Waals surface area contributed by atoms with Gasteiger partial charge in [0.25, 0.3) is 11.2 Å². The minimum Gasteiger partial charge on any atom is -0.426 e. The van der Waals surface area contributed by atoms with Crippen LogP contribution in [-0.4, -0.2) is 14.9 Å². The molecule has 4 aromatic rings. The highest BCUT2D eigenvalue weighted by molar-refractivity contribution is 5.77. The van der Waals surface area contributed by atoms with Gasteiger partial charge in [-0.2, -0.15) is 15.2 Å². The molecule has 142 valence electrons. The van der Waals surface area contributed by atoms with E-state index in [1.54, 1.807) is 48.5 Å². The summed E-state index contributed by atoms with van der Waals surface area (Å²) in [5.41, 5.74) is 1.31. The number of fused-ring (bicyclic) bond motifs is 1. The third kappa shape index (κ3) is 4.14. The van der Waals surface area contributed by atoms with Gasteiger partial charge in [-0.25, -0.2) is 0 Å². The Bertz CT molecular complexity index is 1260. The zero-order chi connectivity index (χ0) is 20.2. The van der Waals surface area contributed by atoms with E-state index in [1.807, 2.05) is 0 Å². The monoisotopic (exact) mass is 387 g/mol. The lowest BCUT2D eigenvalue weighted by atomic mass is 10.2. The SMILES string of the molecule is O=c1[nH]c(Oc2ccc(N=Nc3ccc([N+](=O)[O-])cc3)cc2)nc2ccccc12. The lowest BCUT2D eigenvalue weighted by Gasteiger charge is -2.05. The minimum absolute atomic E-state index is 0.00852. The van der Waals surface area contributed by atoms with Crippen molar-refractivity contribution in [3.8, 4) is 11.8 Å². The summed E-state index contributed by atoms with van der Waals surface area (Å²) in [5.74, 6) is 0.470. The lowest BCUT2D eigenvalue weighted by molar-refractivity contribution is -0.384. The second-order valence-electron chi connectivity index (χ2n) is 5.96. The third-order valence-corrected chi connectivity index (χ3v) is 3.98. The van der Waals surface area contributed by atoms with E-state index < -0.39 is 4.92 Å². The summed E-state index contributed by atoms with van der Waals surface area (Å²) in [6.07, 6.45) is 0. The van der Waals surface area contributed by atoms with Crippen LogP contribution in [-0.2, 0) is 0 Å². The number of nitrogens with one attached hydrogen (secondary N) is 1. The number of H-pyrrole nitrogens is 1. The van der Waals surface area contributed by atoms with E-state index in [-0.39, 0.29) is 17.3 Å². The first kappa shape index (κ1) is 18.0. The number of nitro benzene ring substituents is 1. The van der Waals surface area contributed by atoms with Gasteiger partial charge in [0.2, 0.25) is 0 Å². The minimum atomic E-state index is -0.475. The van der Waals surface area contributed by atoms with Crippen molar-refractivity contribution in [2.45, 2.75) is 0 Å². The number of nitrogens with zero attached hydrogens (tertiary/aromatic N) is 4. The third-order valence-electron chi connectivity index (χ3n) is 3.98. The summed E-state index contributed by atoms with van der Waals surface area (Å²) >= 11 is 0. The van der Waals surface area contributed by atoms with Gasteiger partial charge in [-0.1, -0.05) is 12.1 Å². The van der Waals surface area contributed by atoms with Gasteiger partial charge >= 0.3 is 6.01 Å². The summed E-state index contributed by atoms with van der Waals surface area (Å²) in [4.78, 5) is 29.1. The van der Waals surface area contributed by atoms with Crippen LogP contribution >= 0.6 is 0 Å². The highest BCUT2D eigenvalue weighted by Crippen LogP contribution is 2.24. The maximum Gasteiger partial charge on any atom is 0.302 e. The number of nitro groups is 1. The largest absolute Gasteiger partial charge is 0.426 e. The molecule has 0 bridgehead atoms. The van der Waals surface area contributed by atoms with E-state index >= 15 is 0 Å². The van der Waals surface area contributed by atoms with Crippen LogP contribution in [0.4, 0.5) is 17.1 Å². The predicted octanol–water partition coefficient (Wildman–Crippen LogP) is 5.04. The molecule has 1 aromatic heterocycles. The molecule has 3 aromatic carbocycles. The molecule has 0 atom stereocenters. The first-order valence-electron chi connectivity index (χ1n) is 8.52. The number of aromatic nitrogens is 2. The molecular formula is C20H13N5O4. The second-order valence-corrected chi connectivity index (χ2v) is 5.96. The van der Waals surface area contributed by atoms with Crippen molar-refractivity contribution in [3.05, 3.63) is 93.3 Å². The summed E-state index contributed by atoms with van der Waals surface area (Å²) in [5, 5.41) is 19.3. The fraction of sp³-hybridized carbons (Fsp3) is 0. The van der Waals surface area contributed by atoms with Crippen LogP contribution in [0.3, 0.4) is 0 Å². The molecular weight excluding hydrogens is 374 g/mol. The Hall–Kier alpha value is -4.40. The van der Waals surface area contributed by atoms with Crippen LogP contribution in [0.1, 0.15) is 0 Å². The van der Waals surface area contributed by atoms with Crippen LogP contribution in [0.15, 0.2) is 87.8 Å². The molecule has 29 heavy (non-hydrogen) atoms. The summed E-state index contributed by atoms with van der Waals surface area (Å²) in [6.45, 7) is 0. The van der Waals surface area contributed by atoms with E-state index in [0.717, 1.165) is 0 Å². The predicted molar refractivity (Wildman–Crippen MR) is 106 cm³/mol. The molecule has 0 aliphatic carbocycles. The van der Waals surface area contributed by atoms with Crippen LogP contribution in [0.2, 0.25) is 0 Å². The number of azo groups is 1. The van der Waals surface area contributed by atoms with Crippen molar-refractivity contribution in [1.29, 1.82) is 0 Å². The molecule has 9 heteroatoms. The van der Waals surface area contributed by atoms with Gasteiger partial charge in [0.15, 0.2) is 0 Å². The van der Waals surface area contributed by atoms with E-state index in [0.29, 0.717) is 28.0 Å². The number of rotatable bonds is 5. The van der Waals surface area contributed by atoms with Gasteiger partial charge in [-0.3, -0.25) is 19.9 Å². The van der Waals surface area contributed by atoms with Crippen LogP contribution in [0.5, 0.6) is 11.8 Å². The number of aromatic amines is 1. The Morgan fingerprint density at radius 2 is 1.52 bits per heavy atom. The Balaban J connectivity index is 1.48. The summed E-state index contributed by atoms with van der Waals surface area (Å²) in [6, 6.07) is 19.5. The molecule has 0 fully saturated rings. The first-order valence-corrected chi connectivity index (χ1v) is 8.52. The van der Waals surface area contributed by atoms with Crippen LogP contribution in [0.25, 0.3) is 10.9 Å². The Morgan fingerprint density at radius 3 is 2.17 bits per heavy atom. The lowest BCUT2D eigenvalue weighted by Crippen LogP contribution is -2.09. The normalized spacial score (nSPS) is 11.0. The molecule has 9 nitrogen and oxygen atoms in total. The number of benzene rings is 3. The molecule has 0 aliphatic heterocycles. The van der Waals surface area contributed by atoms with E-state index in [4.69, 9.17) is 4.74 Å². The maximum atomic E-state index is 12.1. The van der Waals surface area contributed by atoms with Gasteiger partial charge < -0.3 is 4.74 Å². The summed E-state index contributed by atoms with van der Waals surface area (Å²) < 4.78 is 5.62. The van der Waals surface area contributed by atoms with Crippen LogP contribution in [0, 0.1) is 10.1 Å². The topological polar surface area (TPSA) is 123 Å². The number of ether oxygens (including phenoxy) is 1. The molecule has 0 radical (unpaired) electrons. The van der Waals surface area contributed by atoms with Gasteiger partial charge in [-0.15, -0.1) is 0 Å². The molecule has 0 unspecified atom stereocenters. The average Bonchev–Trinajstić information content (AvgIpc) is 2.73. The average molecular weight is 387 g/mol. The fourth-order valence-corrected chi connectivity index (χ4v) is 2.56. The van der Waals surface area contributed by atoms with Crippen molar-refractivity contribution in [1.82, 2.24) is 9.97 Å². The number of para-hydroxylation sites is 1. The fourth-order valence-electron chi connectivity index (χ4n) is 2.56. The molecule has 0 saturated heterocycles. The van der Waals surface area contributed by atoms with Crippen molar-refractivity contribution < 1.29 is 9.66 Å². The van der Waals surface area contributed by atoms with E-state index in [1.165, 1.54) is 24.3 Å². The number of hydrogen-bond acceptors (Lipinski definition) is 7. The standard InChI is InChI=1S/C20H13N5O4/c26-19-17-3-1-2-4-18(17)21-20(22-19)29-16-11-7-14(8-12-16)24-23-13-5-9-15(10-6-13)25(27)28/h1-12H,(H,21,22,26). The molecule has 4 rings (SSSR count). The van der Waals surface area contributed by atoms with Gasteiger partial charge in [0.1, 0.15) is 5.75 Å². The summed E-state index contributed by atoms with van der Waals surface area (Å²) in [7, 11) is 0. The zero-order valence-electron chi connectivity index (χ0n) is 14.9. The Labute approximate surface area is 163 Å². The van der Waals surface area contributed by atoms with Gasteiger partial charge in [0.05, 0.1) is 27.2 Å². The molecule has 0 spiro atoms. The Morgan fingerprint density at radius 1 is 0.897 bits per heavy atom. The maximum absolute atomic E-state index is 12.1. The molecule has 0 aliphatic rings. The Kier molecular flexibility index (Phi) is 4.77. The van der Waals surface area contributed by atoms with Crippen molar-refractivity contribution >= 4 is 28.0 Å². The van der Waals surface area contributed by atoms with Gasteiger partial charge in [-0.05, 0) is 48.5 Å². The van der Waals surface area contributed by atoms with E-state index in [2.05, 4.69) is 20.2 Å². The quantitative estimate of drug-likeness (QED) is 0.292.